The average molecular weight is 243 g/mol. The van der Waals surface area contributed by atoms with Gasteiger partial charge in [0.1, 0.15) is 0 Å². The summed E-state index contributed by atoms with van der Waals surface area (Å²) in [7, 11) is 3.90. The van der Waals surface area contributed by atoms with Gasteiger partial charge in [0.25, 0.3) is 0 Å². The molecule has 3 N–H and O–H groups in total. The van der Waals surface area contributed by atoms with Gasteiger partial charge in [0.15, 0.2) is 0 Å². The molecule has 0 aliphatic heterocycles. The van der Waals surface area contributed by atoms with Crippen LogP contribution in [0.4, 0.5) is 0 Å². The average Bonchev–Trinajstić information content (AvgIpc) is 2.27. The second-order valence-electron chi connectivity index (χ2n) is 5.30. The molecule has 0 bridgehead atoms. The standard InChI is InChI=1S/C13H29N3O/c1-7-8-10(2)16(6)11(3)9-13(4,15-5)12(14)17/h10-11,15H,7-9H2,1-6H3,(H2,14,17). The molecule has 0 fully saturated rings. The Morgan fingerprint density at radius 2 is 1.94 bits per heavy atom. The summed E-state index contributed by atoms with van der Waals surface area (Å²) in [5.41, 5.74) is 4.82. The van der Waals surface area contributed by atoms with Crippen LogP contribution in [0.2, 0.25) is 0 Å². The van der Waals surface area contributed by atoms with Crippen molar-refractivity contribution in [1.29, 1.82) is 0 Å². The van der Waals surface area contributed by atoms with Crippen molar-refractivity contribution in [3.63, 3.8) is 0 Å². The SMILES string of the molecule is CCCC(C)N(C)C(C)CC(C)(NC)C(N)=O. The first-order valence-electron chi connectivity index (χ1n) is 6.49. The molecule has 0 aromatic heterocycles. The molecular formula is C13H29N3O. The van der Waals surface area contributed by atoms with Gasteiger partial charge in [-0.05, 0) is 47.7 Å². The van der Waals surface area contributed by atoms with Gasteiger partial charge >= 0.3 is 0 Å². The molecule has 0 saturated carbocycles. The fraction of sp³-hybridized carbons (Fsp3) is 0.923. The number of carbonyl (C=O) groups excluding carboxylic acids is 1. The number of primary amides is 1. The first kappa shape index (κ1) is 16.4. The van der Waals surface area contributed by atoms with Gasteiger partial charge in [-0.25, -0.2) is 0 Å². The number of hydrogen-bond donors (Lipinski definition) is 2. The van der Waals surface area contributed by atoms with E-state index in [1.807, 2.05) is 6.92 Å². The molecule has 0 saturated heterocycles. The summed E-state index contributed by atoms with van der Waals surface area (Å²) in [6.07, 6.45) is 3.08. The number of hydrogen-bond acceptors (Lipinski definition) is 3. The molecule has 1 amide bonds. The van der Waals surface area contributed by atoms with E-state index in [0.717, 1.165) is 6.42 Å². The van der Waals surface area contributed by atoms with E-state index in [2.05, 4.69) is 38.0 Å². The smallest absolute Gasteiger partial charge is 0.237 e. The fourth-order valence-corrected chi connectivity index (χ4v) is 2.12. The van der Waals surface area contributed by atoms with E-state index >= 15 is 0 Å². The third-order valence-corrected chi connectivity index (χ3v) is 3.90. The summed E-state index contributed by atoms with van der Waals surface area (Å²) in [5, 5.41) is 3.03. The van der Waals surface area contributed by atoms with Crippen LogP contribution < -0.4 is 11.1 Å². The largest absolute Gasteiger partial charge is 0.368 e. The van der Waals surface area contributed by atoms with Gasteiger partial charge in [-0.2, -0.15) is 0 Å². The first-order chi connectivity index (χ1) is 7.78. The Hall–Kier alpha value is -0.610. The minimum Gasteiger partial charge on any atom is -0.368 e. The number of amides is 1. The lowest BCUT2D eigenvalue weighted by atomic mass is 9.92. The summed E-state index contributed by atoms with van der Waals surface area (Å²) >= 11 is 0. The summed E-state index contributed by atoms with van der Waals surface area (Å²) in [6.45, 7) is 8.42. The molecule has 3 unspecified atom stereocenters. The van der Waals surface area contributed by atoms with Crippen LogP contribution >= 0.6 is 0 Å². The Morgan fingerprint density at radius 3 is 2.29 bits per heavy atom. The van der Waals surface area contributed by atoms with Crippen LogP contribution in [-0.2, 0) is 4.79 Å². The van der Waals surface area contributed by atoms with E-state index in [1.54, 1.807) is 7.05 Å². The van der Waals surface area contributed by atoms with Crippen LogP contribution in [-0.4, -0.2) is 42.5 Å². The van der Waals surface area contributed by atoms with Crippen molar-refractivity contribution in [1.82, 2.24) is 10.2 Å². The number of rotatable bonds is 8. The number of nitrogens with two attached hydrogens (primary N) is 1. The van der Waals surface area contributed by atoms with Gasteiger partial charge in [-0.3, -0.25) is 4.79 Å². The molecule has 0 aliphatic carbocycles. The van der Waals surface area contributed by atoms with Crippen LogP contribution in [0.25, 0.3) is 0 Å². The number of carbonyl (C=O) groups is 1. The lowest BCUT2D eigenvalue weighted by molar-refractivity contribution is -0.124. The normalized spacial score (nSPS) is 18.8. The third-order valence-electron chi connectivity index (χ3n) is 3.90. The highest BCUT2D eigenvalue weighted by Crippen LogP contribution is 2.18. The number of nitrogens with zero attached hydrogens (tertiary/aromatic N) is 1. The van der Waals surface area contributed by atoms with Crippen molar-refractivity contribution in [2.24, 2.45) is 5.73 Å². The molecule has 17 heavy (non-hydrogen) atoms. The highest BCUT2D eigenvalue weighted by Gasteiger charge is 2.32. The van der Waals surface area contributed by atoms with Crippen LogP contribution in [0.5, 0.6) is 0 Å². The third kappa shape index (κ3) is 4.64. The molecule has 0 radical (unpaired) electrons. The highest BCUT2D eigenvalue weighted by atomic mass is 16.1. The zero-order chi connectivity index (χ0) is 13.6. The van der Waals surface area contributed by atoms with Crippen LogP contribution in [0.1, 0.15) is 47.0 Å². The van der Waals surface area contributed by atoms with Gasteiger partial charge in [0.2, 0.25) is 5.91 Å². The van der Waals surface area contributed by atoms with Gasteiger partial charge < -0.3 is 16.0 Å². The highest BCUT2D eigenvalue weighted by molar-refractivity contribution is 5.84. The maximum atomic E-state index is 11.4. The Morgan fingerprint density at radius 1 is 1.41 bits per heavy atom. The fourth-order valence-electron chi connectivity index (χ4n) is 2.12. The van der Waals surface area contributed by atoms with Gasteiger partial charge in [0.05, 0.1) is 5.54 Å². The lowest BCUT2D eigenvalue weighted by Crippen LogP contribution is -2.55. The van der Waals surface area contributed by atoms with E-state index < -0.39 is 5.54 Å². The summed E-state index contributed by atoms with van der Waals surface area (Å²) < 4.78 is 0. The second kappa shape index (κ2) is 6.97. The molecule has 0 aliphatic rings. The lowest BCUT2D eigenvalue weighted by Gasteiger charge is -2.36. The van der Waals surface area contributed by atoms with Crippen molar-refractivity contribution in [2.45, 2.75) is 64.6 Å². The molecule has 102 valence electrons. The second-order valence-corrected chi connectivity index (χ2v) is 5.30. The maximum absolute atomic E-state index is 11.4. The van der Waals surface area contributed by atoms with Crippen molar-refractivity contribution >= 4 is 5.91 Å². The molecule has 0 spiro atoms. The van der Waals surface area contributed by atoms with Crippen molar-refractivity contribution in [3.8, 4) is 0 Å². The number of nitrogens with one attached hydrogen (secondary N) is 1. The predicted octanol–water partition coefficient (Wildman–Crippen LogP) is 1.35. The summed E-state index contributed by atoms with van der Waals surface area (Å²) in [5.74, 6) is -0.289. The molecule has 4 nitrogen and oxygen atoms in total. The molecule has 0 heterocycles. The van der Waals surface area contributed by atoms with Gasteiger partial charge in [0, 0.05) is 12.1 Å². The predicted molar refractivity (Wildman–Crippen MR) is 72.9 cm³/mol. The van der Waals surface area contributed by atoms with E-state index in [0.29, 0.717) is 12.1 Å². The monoisotopic (exact) mass is 243 g/mol. The Labute approximate surface area is 106 Å². The quantitative estimate of drug-likeness (QED) is 0.676. The van der Waals surface area contributed by atoms with Gasteiger partial charge in [-0.1, -0.05) is 13.3 Å². The Kier molecular flexibility index (Phi) is 6.72. The molecule has 0 rings (SSSR count). The van der Waals surface area contributed by atoms with Crippen LogP contribution in [0.15, 0.2) is 0 Å². The van der Waals surface area contributed by atoms with E-state index in [1.165, 1.54) is 12.8 Å². The summed E-state index contributed by atoms with van der Waals surface area (Å²) in [6, 6.07) is 0.852. The van der Waals surface area contributed by atoms with Crippen molar-refractivity contribution in [3.05, 3.63) is 0 Å². The topological polar surface area (TPSA) is 58.4 Å². The van der Waals surface area contributed by atoms with Crippen LogP contribution in [0, 0.1) is 0 Å². The van der Waals surface area contributed by atoms with E-state index in [-0.39, 0.29) is 5.91 Å². The Bertz CT molecular complexity index is 245. The van der Waals surface area contributed by atoms with E-state index in [4.69, 9.17) is 5.73 Å². The molecule has 4 heteroatoms. The number of likely N-dealkylation sites (N-methyl/N-ethyl adjacent to an activating group) is 1. The molecule has 3 atom stereocenters. The summed E-state index contributed by atoms with van der Waals surface area (Å²) in [4.78, 5) is 13.8. The Balaban J connectivity index is 4.51. The minimum absolute atomic E-state index is 0.289. The zero-order valence-corrected chi connectivity index (χ0v) is 12.2. The first-order valence-corrected chi connectivity index (χ1v) is 6.49. The minimum atomic E-state index is -0.625. The van der Waals surface area contributed by atoms with E-state index in [9.17, 15) is 4.79 Å². The molecule has 0 aromatic rings. The van der Waals surface area contributed by atoms with Gasteiger partial charge in [-0.15, -0.1) is 0 Å². The zero-order valence-electron chi connectivity index (χ0n) is 12.2. The molecular weight excluding hydrogens is 214 g/mol. The van der Waals surface area contributed by atoms with Crippen molar-refractivity contribution < 1.29 is 4.79 Å². The van der Waals surface area contributed by atoms with Crippen molar-refractivity contribution in [2.75, 3.05) is 14.1 Å². The maximum Gasteiger partial charge on any atom is 0.237 e. The molecule has 0 aromatic carbocycles. The van der Waals surface area contributed by atoms with Crippen LogP contribution in [0.3, 0.4) is 0 Å².